The van der Waals surface area contributed by atoms with Gasteiger partial charge in [-0.1, -0.05) is 12.2 Å². The zero-order chi connectivity index (χ0) is 10.8. The van der Waals surface area contributed by atoms with Crippen LogP contribution in [0.2, 0.25) is 0 Å². The Morgan fingerprint density at radius 3 is 2.69 bits per heavy atom. The van der Waals surface area contributed by atoms with Gasteiger partial charge in [-0.3, -0.25) is 4.90 Å². The Hall–Kier alpha value is -0.760. The number of rotatable bonds is 2. The van der Waals surface area contributed by atoms with Crippen LogP contribution in [0, 0.1) is 0 Å². The minimum absolute atomic E-state index is 0.832. The third-order valence-corrected chi connectivity index (χ3v) is 4.16. The van der Waals surface area contributed by atoms with Crippen molar-refractivity contribution in [3.8, 4) is 0 Å². The second-order valence-electron chi connectivity index (χ2n) is 5.24. The number of likely N-dealkylation sites (tertiary alicyclic amines) is 2. The van der Waals surface area contributed by atoms with Crippen LogP contribution in [0.25, 0.3) is 0 Å². The summed E-state index contributed by atoms with van der Waals surface area (Å²) in [4.78, 5) is 5.28. The van der Waals surface area contributed by atoms with Crippen molar-refractivity contribution in [3.63, 3.8) is 0 Å². The number of hydrogen-bond donors (Lipinski definition) is 0. The van der Waals surface area contributed by atoms with Crippen molar-refractivity contribution in [2.24, 2.45) is 0 Å². The first-order valence-corrected chi connectivity index (χ1v) is 6.79. The van der Waals surface area contributed by atoms with Crippen molar-refractivity contribution in [2.75, 3.05) is 26.2 Å². The molecule has 2 saturated heterocycles. The smallest absolute Gasteiger partial charge is 0.0334 e. The highest BCUT2D eigenvalue weighted by Crippen LogP contribution is 2.25. The van der Waals surface area contributed by atoms with Crippen LogP contribution >= 0.6 is 0 Å². The van der Waals surface area contributed by atoms with Gasteiger partial charge in [0.25, 0.3) is 0 Å². The lowest BCUT2D eigenvalue weighted by Gasteiger charge is -2.25. The topological polar surface area (TPSA) is 6.48 Å². The zero-order valence-electron chi connectivity index (χ0n) is 10.1. The summed E-state index contributed by atoms with van der Waals surface area (Å²) in [7, 11) is 0. The summed E-state index contributed by atoms with van der Waals surface area (Å²) in [5, 5.41) is 0. The van der Waals surface area contributed by atoms with Crippen LogP contribution in [0.15, 0.2) is 23.9 Å². The molecular formula is C14H22N2. The first-order chi connectivity index (χ1) is 7.93. The molecule has 0 radical (unpaired) electrons. The SMILES string of the molecule is C1=CC(N2CCC(N3CCCC3)C2)=CCC1. The Labute approximate surface area is 98.6 Å². The van der Waals surface area contributed by atoms with Gasteiger partial charge in [-0.05, 0) is 51.3 Å². The molecule has 0 aromatic heterocycles. The molecule has 2 heteroatoms. The van der Waals surface area contributed by atoms with Gasteiger partial charge >= 0.3 is 0 Å². The van der Waals surface area contributed by atoms with Crippen LogP contribution in [0.4, 0.5) is 0 Å². The fraction of sp³-hybridized carbons (Fsp3) is 0.714. The quantitative estimate of drug-likeness (QED) is 0.702. The average Bonchev–Trinajstić information content (AvgIpc) is 3.01. The Morgan fingerprint density at radius 2 is 1.94 bits per heavy atom. The summed E-state index contributed by atoms with van der Waals surface area (Å²) in [6.07, 6.45) is 13.7. The van der Waals surface area contributed by atoms with E-state index in [1.165, 1.54) is 64.0 Å². The third-order valence-electron chi connectivity index (χ3n) is 4.16. The lowest BCUT2D eigenvalue weighted by Crippen LogP contribution is -2.35. The van der Waals surface area contributed by atoms with Gasteiger partial charge in [0.2, 0.25) is 0 Å². The van der Waals surface area contributed by atoms with Crippen molar-refractivity contribution in [2.45, 2.75) is 38.1 Å². The van der Waals surface area contributed by atoms with Crippen molar-refractivity contribution >= 4 is 0 Å². The summed E-state index contributed by atoms with van der Waals surface area (Å²) < 4.78 is 0. The standard InChI is InChI=1S/C14H22N2/c1-2-6-13(7-3-1)16-11-8-14(12-16)15-9-4-5-10-15/h2,6-7,14H,1,3-5,8-12H2. The normalized spacial score (nSPS) is 31.1. The maximum absolute atomic E-state index is 2.70. The largest absolute Gasteiger partial charge is 0.370 e. The van der Waals surface area contributed by atoms with Crippen LogP contribution in [0.1, 0.15) is 32.1 Å². The lowest BCUT2D eigenvalue weighted by atomic mass is 10.1. The fourth-order valence-electron chi connectivity index (χ4n) is 3.22. The molecule has 88 valence electrons. The average molecular weight is 218 g/mol. The van der Waals surface area contributed by atoms with Crippen LogP contribution in [0.3, 0.4) is 0 Å². The van der Waals surface area contributed by atoms with Crippen LogP contribution in [-0.2, 0) is 0 Å². The second-order valence-corrected chi connectivity index (χ2v) is 5.24. The molecule has 0 N–H and O–H groups in total. The number of nitrogens with zero attached hydrogens (tertiary/aromatic N) is 2. The Morgan fingerprint density at radius 1 is 1.06 bits per heavy atom. The highest BCUT2D eigenvalue weighted by Gasteiger charge is 2.29. The van der Waals surface area contributed by atoms with E-state index in [-0.39, 0.29) is 0 Å². The van der Waals surface area contributed by atoms with E-state index in [2.05, 4.69) is 28.0 Å². The van der Waals surface area contributed by atoms with Crippen molar-refractivity contribution in [1.29, 1.82) is 0 Å². The van der Waals surface area contributed by atoms with Gasteiger partial charge < -0.3 is 4.90 Å². The molecule has 2 aliphatic heterocycles. The summed E-state index contributed by atoms with van der Waals surface area (Å²) in [6.45, 7) is 5.20. The zero-order valence-corrected chi connectivity index (χ0v) is 10.1. The van der Waals surface area contributed by atoms with Gasteiger partial charge in [0.05, 0.1) is 0 Å². The highest BCUT2D eigenvalue weighted by atomic mass is 15.3. The van der Waals surface area contributed by atoms with Crippen LogP contribution in [0.5, 0.6) is 0 Å². The van der Waals surface area contributed by atoms with E-state index in [4.69, 9.17) is 0 Å². The second kappa shape index (κ2) is 4.62. The van der Waals surface area contributed by atoms with Gasteiger partial charge in [0.1, 0.15) is 0 Å². The number of hydrogen-bond acceptors (Lipinski definition) is 2. The molecule has 1 atom stereocenters. The molecule has 2 fully saturated rings. The maximum Gasteiger partial charge on any atom is 0.0334 e. The van der Waals surface area contributed by atoms with E-state index in [9.17, 15) is 0 Å². The fourth-order valence-corrected chi connectivity index (χ4v) is 3.22. The van der Waals surface area contributed by atoms with Gasteiger partial charge in [-0.25, -0.2) is 0 Å². The van der Waals surface area contributed by atoms with E-state index < -0.39 is 0 Å². The van der Waals surface area contributed by atoms with Crippen molar-refractivity contribution in [1.82, 2.24) is 9.80 Å². The van der Waals surface area contributed by atoms with E-state index in [1.807, 2.05) is 0 Å². The number of allylic oxidation sites excluding steroid dienone is 3. The Bertz CT molecular complexity index is 300. The molecule has 0 amide bonds. The van der Waals surface area contributed by atoms with E-state index in [1.54, 1.807) is 0 Å². The molecule has 1 unspecified atom stereocenters. The summed E-state index contributed by atoms with van der Waals surface area (Å²) in [5.74, 6) is 0. The monoisotopic (exact) mass is 218 g/mol. The maximum atomic E-state index is 2.70. The lowest BCUT2D eigenvalue weighted by molar-refractivity contribution is 0.245. The van der Waals surface area contributed by atoms with E-state index >= 15 is 0 Å². The molecule has 2 nitrogen and oxygen atoms in total. The molecule has 3 rings (SSSR count). The van der Waals surface area contributed by atoms with Crippen molar-refractivity contribution in [3.05, 3.63) is 23.9 Å². The Balaban J connectivity index is 1.59. The summed E-state index contributed by atoms with van der Waals surface area (Å²) in [6, 6.07) is 0.832. The minimum atomic E-state index is 0.832. The van der Waals surface area contributed by atoms with Crippen LogP contribution in [-0.4, -0.2) is 42.0 Å². The first kappa shape index (κ1) is 10.4. The molecule has 3 aliphatic rings. The third kappa shape index (κ3) is 2.03. The molecule has 0 spiro atoms. The van der Waals surface area contributed by atoms with Gasteiger partial charge in [-0.2, -0.15) is 0 Å². The summed E-state index contributed by atoms with van der Waals surface area (Å²) >= 11 is 0. The molecule has 1 aliphatic carbocycles. The molecule has 0 bridgehead atoms. The van der Waals surface area contributed by atoms with Gasteiger partial charge in [0.15, 0.2) is 0 Å². The summed E-state index contributed by atoms with van der Waals surface area (Å²) in [5.41, 5.74) is 1.48. The molecule has 0 saturated carbocycles. The Kier molecular flexibility index (Phi) is 3.00. The molecule has 0 aromatic carbocycles. The predicted molar refractivity (Wildman–Crippen MR) is 67.2 cm³/mol. The molecule has 16 heavy (non-hydrogen) atoms. The van der Waals surface area contributed by atoms with E-state index in [0.29, 0.717) is 0 Å². The first-order valence-electron chi connectivity index (χ1n) is 6.79. The van der Waals surface area contributed by atoms with Crippen molar-refractivity contribution < 1.29 is 0 Å². The predicted octanol–water partition coefficient (Wildman–Crippen LogP) is 2.39. The van der Waals surface area contributed by atoms with Gasteiger partial charge in [-0.15, -0.1) is 0 Å². The van der Waals surface area contributed by atoms with E-state index in [0.717, 1.165) is 6.04 Å². The molecular weight excluding hydrogens is 196 g/mol. The molecule has 2 heterocycles. The molecule has 0 aromatic rings. The minimum Gasteiger partial charge on any atom is -0.370 e. The van der Waals surface area contributed by atoms with Crippen LogP contribution < -0.4 is 0 Å². The highest BCUT2D eigenvalue weighted by molar-refractivity contribution is 5.22. The van der Waals surface area contributed by atoms with Gasteiger partial charge in [0, 0.05) is 24.8 Å².